The zero-order chi connectivity index (χ0) is 16.9. The molecule has 0 bridgehead atoms. The second kappa shape index (κ2) is 8.39. The molecule has 0 spiro atoms. The normalized spacial score (nSPS) is 18.8. The predicted octanol–water partition coefficient (Wildman–Crippen LogP) is 3.78. The fraction of sp³-hybridized carbons (Fsp3) is 0.650. The summed E-state index contributed by atoms with van der Waals surface area (Å²) in [5.74, 6) is 2.14. The van der Waals surface area contributed by atoms with E-state index in [9.17, 15) is 4.79 Å². The van der Waals surface area contributed by atoms with Gasteiger partial charge in [0.1, 0.15) is 0 Å². The number of thioether (sulfide) groups is 1. The molecule has 0 atom stereocenters. The van der Waals surface area contributed by atoms with Gasteiger partial charge in [0.15, 0.2) is 0 Å². The maximum atomic E-state index is 12.4. The van der Waals surface area contributed by atoms with E-state index in [-0.39, 0.29) is 0 Å². The van der Waals surface area contributed by atoms with Crippen LogP contribution in [0.15, 0.2) is 23.1 Å². The largest absolute Gasteiger partial charge is 0.343 e. The summed E-state index contributed by atoms with van der Waals surface area (Å²) in [6.07, 6.45) is 5.69. The van der Waals surface area contributed by atoms with Crippen LogP contribution >= 0.6 is 11.8 Å². The lowest BCUT2D eigenvalue weighted by atomic mass is 10.0. The maximum absolute atomic E-state index is 12.4. The number of rotatable bonds is 7. The molecule has 3 rings (SSSR count). The standard InChI is InChI=1S/C20H30N2OS/c1-15-3-6-19(13-16(15)2)24-12-9-20(23)22-10-7-18(8-11-22)21-14-17-4-5-17/h3,6,13,17-18,21H,4-5,7-12,14H2,1-2H3. The van der Waals surface area contributed by atoms with Crippen LogP contribution in [0, 0.1) is 19.8 Å². The lowest BCUT2D eigenvalue weighted by Crippen LogP contribution is -2.45. The molecule has 1 aromatic rings. The Morgan fingerprint density at radius 2 is 1.92 bits per heavy atom. The molecule has 24 heavy (non-hydrogen) atoms. The predicted molar refractivity (Wildman–Crippen MR) is 102 cm³/mol. The van der Waals surface area contributed by atoms with Crippen molar-refractivity contribution in [1.29, 1.82) is 0 Å². The van der Waals surface area contributed by atoms with E-state index in [1.54, 1.807) is 11.8 Å². The van der Waals surface area contributed by atoms with Crippen LogP contribution in [0.2, 0.25) is 0 Å². The van der Waals surface area contributed by atoms with Gasteiger partial charge in [-0.15, -0.1) is 11.8 Å². The first-order chi connectivity index (χ1) is 11.6. The first kappa shape index (κ1) is 17.8. The highest BCUT2D eigenvalue weighted by atomic mass is 32.2. The van der Waals surface area contributed by atoms with Crippen molar-refractivity contribution in [2.75, 3.05) is 25.4 Å². The lowest BCUT2D eigenvalue weighted by molar-refractivity contribution is -0.131. The zero-order valence-corrected chi connectivity index (χ0v) is 15.8. The molecule has 3 nitrogen and oxygen atoms in total. The Kier molecular flexibility index (Phi) is 6.23. The quantitative estimate of drug-likeness (QED) is 0.763. The highest BCUT2D eigenvalue weighted by Gasteiger charge is 2.25. The molecular formula is C20H30N2OS. The molecule has 4 heteroatoms. The van der Waals surface area contributed by atoms with Crippen molar-refractivity contribution in [1.82, 2.24) is 10.2 Å². The number of amides is 1. The minimum Gasteiger partial charge on any atom is -0.343 e. The molecule has 0 aromatic heterocycles. The van der Waals surface area contributed by atoms with E-state index < -0.39 is 0 Å². The van der Waals surface area contributed by atoms with Crippen molar-refractivity contribution in [3.05, 3.63) is 29.3 Å². The van der Waals surface area contributed by atoms with Crippen LogP contribution in [0.25, 0.3) is 0 Å². The van der Waals surface area contributed by atoms with Gasteiger partial charge < -0.3 is 10.2 Å². The van der Waals surface area contributed by atoms with E-state index in [4.69, 9.17) is 0 Å². The number of piperidine rings is 1. The van der Waals surface area contributed by atoms with E-state index in [1.807, 2.05) is 0 Å². The van der Waals surface area contributed by atoms with Crippen molar-refractivity contribution < 1.29 is 4.79 Å². The van der Waals surface area contributed by atoms with Gasteiger partial charge in [-0.1, -0.05) is 6.07 Å². The number of nitrogens with one attached hydrogen (secondary N) is 1. The Morgan fingerprint density at radius 3 is 2.58 bits per heavy atom. The molecule has 2 aliphatic rings. The average Bonchev–Trinajstić information content (AvgIpc) is 3.41. The number of carbonyl (C=O) groups is 1. The molecule has 1 heterocycles. The molecule has 1 N–H and O–H groups in total. The van der Waals surface area contributed by atoms with E-state index in [0.717, 1.165) is 37.6 Å². The Bertz CT molecular complexity index is 563. The fourth-order valence-corrected chi connectivity index (χ4v) is 4.14. The van der Waals surface area contributed by atoms with Gasteiger partial charge in [-0.3, -0.25) is 4.79 Å². The van der Waals surface area contributed by atoms with Gasteiger partial charge in [-0.25, -0.2) is 0 Å². The summed E-state index contributed by atoms with van der Waals surface area (Å²) in [6.45, 7) is 7.32. The highest BCUT2D eigenvalue weighted by Crippen LogP contribution is 2.28. The van der Waals surface area contributed by atoms with E-state index in [0.29, 0.717) is 18.4 Å². The summed E-state index contributed by atoms with van der Waals surface area (Å²) < 4.78 is 0. The van der Waals surface area contributed by atoms with Crippen LogP contribution in [0.4, 0.5) is 0 Å². The van der Waals surface area contributed by atoms with Gasteiger partial charge in [0.05, 0.1) is 0 Å². The van der Waals surface area contributed by atoms with Crippen molar-refractivity contribution >= 4 is 17.7 Å². The van der Waals surface area contributed by atoms with Crippen LogP contribution in [0.3, 0.4) is 0 Å². The molecule has 1 saturated carbocycles. The Morgan fingerprint density at radius 1 is 1.17 bits per heavy atom. The number of likely N-dealkylation sites (tertiary alicyclic amines) is 1. The molecule has 0 unspecified atom stereocenters. The van der Waals surface area contributed by atoms with Crippen LogP contribution in [0.5, 0.6) is 0 Å². The average molecular weight is 347 g/mol. The van der Waals surface area contributed by atoms with Crippen LogP contribution in [-0.2, 0) is 4.79 Å². The number of benzene rings is 1. The lowest BCUT2D eigenvalue weighted by Gasteiger charge is -2.32. The van der Waals surface area contributed by atoms with Crippen LogP contribution in [0.1, 0.15) is 43.2 Å². The highest BCUT2D eigenvalue weighted by molar-refractivity contribution is 7.99. The van der Waals surface area contributed by atoms with Gasteiger partial charge >= 0.3 is 0 Å². The number of carbonyl (C=O) groups excluding carboxylic acids is 1. The fourth-order valence-electron chi connectivity index (χ4n) is 3.21. The van der Waals surface area contributed by atoms with E-state index in [1.165, 1.54) is 35.4 Å². The van der Waals surface area contributed by atoms with Crippen LogP contribution < -0.4 is 5.32 Å². The van der Waals surface area contributed by atoms with Gasteiger partial charge in [0.25, 0.3) is 0 Å². The summed E-state index contributed by atoms with van der Waals surface area (Å²) in [6, 6.07) is 7.18. The van der Waals surface area contributed by atoms with Crippen molar-refractivity contribution in [2.45, 2.75) is 56.9 Å². The Hall–Kier alpha value is -1.00. The molecule has 1 saturated heterocycles. The number of nitrogens with zero attached hydrogens (tertiary/aromatic N) is 1. The maximum Gasteiger partial charge on any atom is 0.223 e. The van der Waals surface area contributed by atoms with E-state index in [2.05, 4.69) is 42.3 Å². The number of hydrogen-bond donors (Lipinski definition) is 1. The SMILES string of the molecule is Cc1ccc(SCCC(=O)N2CCC(NCC3CC3)CC2)cc1C. The molecule has 1 aliphatic carbocycles. The van der Waals surface area contributed by atoms with Crippen molar-refractivity contribution in [2.24, 2.45) is 5.92 Å². The second-order valence-electron chi connectivity index (χ2n) is 7.35. The topological polar surface area (TPSA) is 32.3 Å². The first-order valence-corrected chi connectivity index (χ1v) is 10.3. The summed E-state index contributed by atoms with van der Waals surface area (Å²) in [5.41, 5.74) is 2.65. The summed E-state index contributed by atoms with van der Waals surface area (Å²) >= 11 is 1.79. The van der Waals surface area contributed by atoms with E-state index >= 15 is 0 Å². The smallest absolute Gasteiger partial charge is 0.223 e. The summed E-state index contributed by atoms with van der Waals surface area (Å²) in [5, 5.41) is 3.68. The van der Waals surface area contributed by atoms with Gasteiger partial charge in [0.2, 0.25) is 5.91 Å². The molecule has 2 fully saturated rings. The Labute approximate surface area is 150 Å². The molecular weight excluding hydrogens is 316 g/mol. The van der Waals surface area contributed by atoms with Crippen molar-refractivity contribution in [3.8, 4) is 0 Å². The van der Waals surface area contributed by atoms with Gasteiger partial charge in [0, 0.05) is 36.2 Å². The minimum absolute atomic E-state index is 0.326. The molecule has 1 aromatic carbocycles. The number of aryl methyl sites for hydroxylation is 2. The molecule has 132 valence electrons. The zero-order valence-electron chi connectivity index (χ0n) is 15.0. The molecule has 1 aliphatic heterocycles. The van der Waals surface area contributed by atoms with Crippen LogP contribution in [-0.4, -0.2) is 42.2 Å². The van der Waals surface area contributed by atoms with Gasteiger partial charge in [-0.2, -0.15) is 0 Å². The third-order valence-corrected chi connectivity index (χ3v) is 6.30. The minimum atomic E-state index is 0.326. The van der Waals surface area contributed by atoms with Crippen molar-refractivity contribution in [3.63, 3.8) is 0 Å². The number of hydrogen-bond acceptors (Lipinski definition) is 3. The second-order valence-corrected chi connectivity index (χ2v) is 8.52. The first-order valence-electron chi connectivity index (χ1n) is 9.33. The molecule has 1 amide bonds. The third kappa shape index (κ3) is 5.25. The monoisotopic (exact) mass is 346 g/mol. The summed E-state index contributed by atoms with van der Waals surface area (Å²) in [4.78, 5) is 15.7. The molecule has 0 radical (unpaired) electrons. The summed E-state index contributed by atoms with van der Waals surface area (Å²) in [7, 11) is 0. The van der Waals surface area contributed by atoms with Gasteiger partial charge in [-0.05, 0) is 75.3 Å². The third-order valence-electron chi connectivity index (χ3n) is 5.30. The Balaban J connectivity index is 1.34.